The average Bonchev–Trinajstić information content (AvgIpc) is 2.39. The first-order valence-electron chi connectivity index (χ1n) is 5.61. The zero-order valence-corrected chi connectivity index (χ0v) is 10.3. The van der Waals surface area contributed by atoms with Gasteiger partial charge in [-0.2, -0.15) is 0 Å². The van der Waals surface area contributed by atoms with Gasteiger partial charge >= 0.3 is 0 Å². The van der Waals surface area contributed by atoms with Gasteiger partial charge in [-0.05, 0) is 12.1 Å². The van der Waals surface area contributed by atoms with Gasteiger partial charge in [-0.25, -0.2) is 0 Å². The molecule has 3 rings (SSSR count). The van der Waals surface area contributed by atoms with Crippen LogP contribution < -0.4 is 5.32 Å². The van der Waals surface area contributed by atoms with E-state index in [1.54, 1.807) is 0 Å². The Morgan fingerprint density at radius 2 is 2.06 bits per heavy atom. The van der Waals surface area contributed by atoms with Crippen LogP contribution in [0, 0.1) is 0 Å². The second-order valence-corrected chi connectivity index (χ2v) is 3.99. The SMILES string of the molecule is [Cu].c1ccc2nc(C3CNCCO3)ccc2c1. The van der Waals surface area contributed by atoms with Crippen LogP contribution in [0.25, 0.3) is 10.9 Å². The number of ether oxygens (including phenoxy) is 1. The molecule has 1 unspecified atom stereocenters. The van der Waals surface area contributed by atoms with Crippen molar-refractivity contribution in [3.05, 3.63) is 42.1 Å². The molecule has 17 heavy (non-hydrogen) atoms. The Bertz CT molecular complexity index is 497. The van der Waals surface area contributed by atoms with Crippen LogP contribution in [-0.2, 0) is 21.8 Å². The number of hydrogen-bond donors (Lipinski definition) is 1. The zero-order valence-electron chi connectivity index (χ0n) is 9.32. The molecule has 1 aliphatic rings. The molecule has 2 heterocycles. The van der Waals surface area contributed by atoms with Crippen molar-refractivity contribution < 1.29 is 21.8 Å². The maximum absolute atomic E-state index is 5.69. The molecule has 1 aliphatic heterocycles. The first-order valence-corrected chi connectivity index (χ1v) is 5.61. The summed E-state index contributed by atoms with van der Waals surface area (Å²) in [6, 6.07) is 12.3. The molecule has 0 spiro atoms. The predicted octanol–water partition coefficient (Wildman–Crippen LogP) is 1.89. The summed E-state index contributed by atoms with van der Waals surface area (Å²) in [5.41, 5.74) is 2.06. The quantitative estimate of drug-likeness (QED) is 0.809. The van der Waals surface area contributed by atoms with Gasteiger partial charge in [0.15, 0.2) is 0 Å². The Labute approximate surface area is 111 Å². The number of hydrogen-bond acceptors (Lipinski definition) is 3. The summed E-state index contributed by atoms with van der Waals surface area (Å²) in [6.07, 6.45) is 0.0957. The van der Waals surface area contributed by atoms with Crippen molar-refractivity contribution in [1.82, 2.24) is 10.3 Å². The fourth-order valence-corrected chi connectivity index (χ4v) is 2.02. The van der Waals surface area contributed by atoms with E-state index in [-0.39, 0.29) is 23.2 Å². The van der Waals surface area contributed by atoms with Crippen molar-refractivity contribution in [3.63, 3.8) is 0 Å². The summed E-state index contributed by atoms with van der Waals surface area (Å²) >= 11 is 0. The largest absolute Gasteiger partial charge is 0.369 e. The van der Waals surface area contributed by atoms with Crippen LogP contribution in [0.3, 0.4) is 0 Å². The zero-order chi connectivity index (χ0) is 10.8. The smallest absolute Gasteiger partial charge is 0.112 e. The van der Waals surface area contributed by atoms with E-state index < -0.39 is 0 Å². The van der Waals surface area contributed by atoms with Gasteiger partial charge < -0.3 is 10.1 Å². The fourth-order valence-electron chi connectivity index (χ4n) is 2.02. The van der Waals surface area contributed by atoms with E-state index in [1.165, 1.54) is 5.39 Å². The molecule has 0 bridgehead atoms. The number of aromatic nitrogens is 1. The normalized spacial score (nSPS) is 19.9. The maximum Gasteiger partial charge on any atom is 0.112 e. The van der Waals surface area contributed by atoms with Crippen LogP contribution in [0.2, 0.25) is 0 Å². The predicted molar refractivity (Wildman–Crippen MR) is 63.3 cm³/mol. The van der Waals surface area contributed by atoms with E-state index >= 15 is 0 Å². The van der Waals surface area contributed by atoms with Gasteiger partial charge in [0, 0.05) is 35.5 Å². The average molecular weight is 278 g/mol. The van der Waals surface area contributed by atoms with Crippen molar-refractivity contribution in [2.75, 3.05) is 19.7 Å². The topological polar surface area (TPSA) is 34.2 Å². The van der Waals surface area contributed by atoms with Crippen LogP contribution in [0.4, 0.5) is 0 Å². The van der Waals surface area contributed by atoms with Crippen molar-refractivity contribution in [1.29, 1.82) is 0 Å². The number of morpholine rings is 1. The summed E-state index contributed by atoms with van der Waals surface area (Å²) in [6.45, 7) is 2.55. The minimum absolute atomic E-state index is 0. The molecular weight excluding hydrogens is 264 g/mol. The van der Waals surface area contributed by atoms with E-state index in [4.69, 9.17) is 4.74 Å². The molecule has 4 heteroatoms. The fraction of sp³-hybridized carbons (Fsp3) is 0.308. The monoisotopic (exact) mass is 277 g/mol. The van der Waals surface area contributed by atoms with E-state index in [2.05, 4.69) is 28.5 Å². The third kappa shape index (κ3) is 2.67. The minimum Gasteiger partial charge on any atom is -0.369 e. The van der Waals surface area contributed by atoms with Crippen molar-refractivity contribution >= 4 is 10.9 Å². The number of nitrogens with one attached hydrogen (secondary N) is 1. The Morgan fingerprint density at radius 3 is 2.88 bits per heavy atom. The molecule has 1 fully saturated rings. The van der Waals surface area contributed by atoms with E-state index in [0.29, 0.717) is 0 Å². The third-order valence-electron chi connectivity index (χ3n) is 2.88. The van der Waals surface area contributed by atoms with Gasteiger partial charge in [0.1, 0.15) is 6.10 Å². The van der Waals surface area contributed by atoms with Crippen LogP contribution >= 0.6 is 0 Å². The van der Waals surface area contributed by atoms with E-state index in [0.717, 1.165) is 30.9 Å². The molecule has 0 amide bonds. The van der Waals surface area contributed by atoms with Crippen LogP contribution in [0.5, 0.6) is 0 Å². The molecular formula is C13H14CuN2O. The first kappa shape index (κ1) is 12.5. The Balaban J connectivity index is 0.00000108. The maximum atomic E-state index is 5.69. The summed E-state index contributed by atoms with van der Waals surface area (Å²) in [5.74, 6) is 0. The van der Waals surface area contributed by atoms with Crippen LogP contribution in [0.15, 0.2) is 36.4 Å². The summed E-state index contributed by atoms with van der Waals surface area (Å²) in [7, 11) is 0. The number of pyridine rings is 1. The third-order valence-corrected chi connectivity index (χ3v) is 2.88. The molecule has 0 saturated carbocycles. The van der Waals surface area contributed by atoms with Crippen molar-refractivity contribution in [3.8, 4) is 0 Å². The molecule has 1 saturated heterocycles. The Hall–Kier alpha value is -0.931. The van der Waals surface area contributed by atoms with Crippen LogP contribution in [-0.4, -0.2) is 24.7 Å². The molecule has 0 aliphatic carbocycles. The van der Waals surface area contributed by atoms with Gasteiger partial charge in [-0.3, -0.25) is 4.98 Å². The Kier molecular flexibility index (Phi) is 4.13. The second-order valence-electron chi connectivity index (χ2n) is 3.99. The van der Waals surface area contributed by atoms with Gasteiger partial charge in [-0.15, -0.1) is 0 Å². The molecule has 3 nitrogen and oxygen atoms in total. The number of rotatable bonds is 1. The Morgan fingerprint density at radius 1 is 1.18 bits per heavy atom. The summed E-state index contributed by atoms with van der Waals surface area (Å²) < 4.78 is 5.69. The number of benzene rings is 1. The van der Waals surface area contributed by atoms with Crippen molar-refractivity contribution in [2.24, 2.45) is 0 Å². The molecule has 93 valence electrons. The molecule has 1 aromatic heterocycles. The second kappa shape index (κ2) is 5.61. The van der Waals surface area contributed by atoms with Gasteiger partial charge in [-0.1, -0.05) is 24.3 Å². The van der Waals surface area contributed by atoms with Gasteiger partial charge in [0.25, 0.3) is 0 Å². The van der Waals surface area contributed by atoms with Gasteiger partial charge in [0.2, 0.25) is 0 Å². The molecule has 1 atom stereocenters. The summed E-state index contributed by atoms with van der Waals surface area (Å²) in [5, 5.41) is 4.49. The number of nitrogens with zero attached hydrogens (tertiary/aromatic N) is 1. The summed E-state index contributed by atoms with van der Waals surface area (Å²) in [4.78, 5) is 4.63. The van der Waals surface area contributed by atoms with Crippen LogP contribution in [0.1, 0.15) is 11.8 Å². The minimum atomic E-state index is 0. The standard InChI is InChI=1S/C13H14N2O.Cu/c1-2-4-11-10(3-1)5-6-12(15-11)13-9-14-7-8-16-13;/h1-6,13-14H,7-9H2;. The molecule has 1 aromatic carbocycles. The molecule has 1 radical (unpaired) electrons. The van der Waals surface area contributed by atoms with E-state index in [1.807, 2.05) is 18.2 Å². The first-order chi connectivity index (χ1) is 7.93. The number of fused-ring (bicyclic) bond motifs is 1. The van der Waals surface area contributed by atoms with Gasteiger partial charge in [0.05, 0.1) is 17.8 Å². The molecule has 1 N–H and O–H groups in total. The van der Waals surface area contributed by atoms with E-state index in [9.17, 15) is 0 Å². The molecule has 2 aromatic rings. The number of para-hydroxylation sites is 1. The van der Waals surface area contributed by atoms with Crippen molar-refractivity contribution in [2.45, 2.75) is 6.10 Å².